The van der Waals surface area contributed by atoms with Crippen LogP contribution in [0.25, 0.3) is 0 Å². The van der Waals surface area contributed by atoms with Crippen LogP contribution >= 0.6 is 0 Å². The van der Waals surface area contributed by atoms with Gasteiger partial charge in [0.05, 0.1) is 6.10 Å². The summed E-state index contributed by atoms with van der Waals surface area (Å²) >= 11 is 0. The average molecular weight is 464 g/mol. The maximum absolute atomic E-state index is 13.1. The van der Waals surface area contributed by atoms with Crippen molar-refractivity contribution < 1.29 is 33.0 Å². The summed E-state index contributed by atoms with van der Waals surface area (Å²) < 4.78 is 29.5. The molecule has 1 aliphatic rings. The van der Waals surface area contributed by atoms with Gasteiger partial charge in [-0.3, -0.25) is 4.84 Å². The van der Waals surface area contributed by atoms with Crippen molar-refractivity contribution in [3.8, 4) is 17.6 Å². The lowest BCUT2D eigenvalue weighted by atomic mass is 10.1. The third kappa shape index (κ3) is 9.60. The van der Waals surface area contributed by atoms with Crippen LogP contribution in [-0.4, -0.2) is 40.7 Å². The van der Waals surface area contributed by atoms with Crippen LogP contribution in [0.3, 0.4) is 0 Å². The van der Waals surface area contributed by atoms with E-state index in [-0.39, 0.29) is 17.8 Å². The maximum atomic E-state index is 13.1. The molecule has 7 nitrogen and oxygen atoms in total. The normalized spacial score (nSPS) is 19.0. The molecule has 1 aromatic carbocycles. The zero-order valence-electron chi connectivity index (χ0n) is 20.4. The topological polar surface area (TPSA) is 74.3 Å². The fraction of sp³-hybridized carbons (Fsp3) is 0.600. The summed E-state index contributed by atoms with van der Waals surface area (Å²) in [5.41, 5.74) is -1.56. The molecular formula is C25H34FNO6. The zero-order valence-corrected chi connectivity index (χ0v) is 20.4. The quantitative estimate of drug-likeness (QED) is 0.317. The molecule has 0 spiro atoms. The van der Waals surface area contributed by atoms with Crippen molar-refractivity contribution in [2.75, 3.05) is 0 Å². The van der Waals surface area contributed by atoms with E-state index in [9.17, 15) is 14.0 Å². The molecule has 1 aromatic rings. The van der Waals surface area contributed by atoms with E-state index in [4.69, 9.17) is 19.0 Å². The monoisotopic (exact) mass is 463 g/mol. The molecule has 0 saturated heterocycles. The number of hydroxylamine groups is 2. The number of ether oxygens (including phenoxy) is 3. The Morgan fingerprint density at radius 1 is 1.03 bits per heavy atom. The Kier molecular flexibility index (Phi) is 8.59. The predicted octanol–water partition coefficient (Wildman–Crippen LogP) is 5.87. The number of amides is 1. The number of nitrogens with zero attached hydrogens (tertiary/aromatic N) is 1. The van der Waals surface area contributed by atoms with Crippen molar-refractivity contribution in [3.05, 3.63) is 30.1 Å². The van der Waals surface area contributed by atoms with Crippen LogP contribution in [0.4, 0.5) is 14.0 Å². The fourth-order valence-corrected chi connectivity index (χ4v) is 3.11. The highest BCUT2D eigenvalue weighted by Gasteiger charge is 2.31. The molecule has 3 unspecified atom stereocenters. The smallest absolute Gasteiger partial charge is 0.490 e. The molecule has 33 heavy (non-hydrogen) atoms. The number of carbonyl (C=O) groups is 2. The summed E-state index contributed by atoms with van der Waals surface area (Å²) in [6, 6.07) is 5.16. The standard InChI is InChI=1S/C25H34FNO6/c1-17(27(22(28)31-24(2,3)4)33-23(29)32-25(5,6)7)8-9-18-10-13-21(16-18)30-20-14-11-19(26)12-15-20/h11-12,14-15,17-18,21H,10,13,16H2,1-7H3. The molecule has 1 aliphatic carbocycles. The second kappa shape index (κ2) is 10.8. The van der Waals surface area contributed by atoms with Crippen molar-refractivity contribution in [2.24, 2.45) is 5.92 Å². The number of hydrogen-bond donors (Lipinski definition) is 0. The first-order valence-electron chi connectivity index (χ1n) is 11.1. The van der Waals surface area contributed by atoms with E-state index in [1.807, 2.05) is 0 Å². The van der Waals surface area contributed by atoms with Crippen LogP contribution in [0.15, 0.2) is 24.3 Å². The van der Waals surface area contributed by atoms with Crippen molar-refractivity contribution in [1.82, 2.24) is 5.06 Å². The molecule has 1 fully saturated rings. The Bertz CT molecular complexity index is 875. The Morgan fingerprint density at radius 2 is 1.64 bits per heavy atom. The van der Waals surface area contributed by atoms with Crippen LogP contribution in [0.2, 0.25) is 0 Å². The first-order chi connectivity index (χ1) is 15.2. The van der Waals surface area contributed by atoms with Gasteiger partial charge in [0.2, 0.25) is 0 Å². The van der Waals surface area contributed by atoms with Crippen molar-refractivity contribution in [1.29, 1.82) is 0 Å². The Hall–Kier alpha value is -2.95. The summed E-state index contributed by atoms with van der Waals surface area (Å²) in [5.74, 6) is 6.50. The van der Waals surface area contributed by atoms with Gasteiger partial charge in [-0.25, -0.2) is 14.0 Å². The third-order valence-electron chi connectivity index (χ3n) is 4.48. The van der Waals surface area contributed by atoms with E-state index in [0.29, 0.717) is 12.2 Å². The fourth-order valence-electron chi connectivity index (χ4n) is 3.11. The number of halogens is 1. The molecule has 0 aromatic heterocycles. The van der Waals surface area contributed by atoms with Gasteiger partial charge in [-0.15, -0.1) is 5.06 Å². The number of rotatable bonds is 3. The van der Waals surface area contributed by atoms with Crippen molar-refractivity contribution in [3.63, 3.8) is 0 Å². The summed E-state index contributed by atoms with van der Waals surface area (Å²) in [7, 11) is 0. The lowest BCUT2D eigenvalue weighted by Gasteiger charge is -2.28. The summed E-state index contributed by atoms with van der Waals surface area (Å²) in [5, 5.41) is 0.799. The second-order valence-corrected chi connectivity index (χ2v) is 10.0. The second-order valence-electron chi connectivity index (χ2n) is 10.0. The average Bonchev–Trinajstić information content (AvgIpc) is 3.10. The Morgan fingerprint density at radius 3 is 2.21 bits per heavy atom. The summed E-state index contributed by atoms with van der Waals surface area (Å²) in [4.78, 5) is 30.0. The van der Waals surface area contributed by atoms with Gasteiger partial charge in [-0.05, 0) is 92.0 Å². The van der Waals surface area contributed by atoms with Crippen LogP contribution in [0, 0.1) is 23.6 Å². The van der Waals surface area contributed by atoms with Crippen molar-refractivity contribution in [2.45, 2.75) is 91.1 Å². The van der Waals surface area contributed by atoms with Gasteiger partial charge in [0.15, 0.2) is 0 Å². The predicted molar refractivity (Wildman–Crippen MR) is 121 cm³/mol. The highest BCUT2D eigenvalue weighted by atomic mass is 19.1. The maximum Gasteiger partial charge on any atom is 0.534 e. The van der Waals surface area contributed by atoms with Gasteiger partial charge < -0.3 is 14.2 Å². The first kappa shape index (κ1) is 26.3. The zero-order chi connectivity index (χ0) is 24.8. The Balaban J connectivity index is 2.02. The van der Waals surface area contributed by atoms with E-state index in [1.54, 1.807) is 60.6 Å². The number of hydrogen-bond acceptors (Lipinski definition) is 6. The minimum atomic E-state index is -1.02. The highest BCUT2D eigenvalue weighted by Crippen LogP contribution is 2.29. The van der Waals surface area contributed by atoms with Gasteiger partial charge >= 0.3 is 12.2 Å². The van der Waals surface area contributed by atoms with E-state index in [2.05, 4.69) is 11.8 Å². The molecule has 0 bridgehead atoms. The lowest BCUT2D eigenvalue weighted by Crippen LogP contribution is -2.44. The molecular weight excluding hydrogens is 429 g/mol. The van der Waals surface area contributed by atoms with Gasteiger partial charge in [0.1, 0.15) is 28.8 Å². The van der Waals surface area contributed by atoms with Crippen LogP contribution < -0.4 is 4.74 Å². The minimum absolute atomic E-state index is 0.0231. The first-order valence-corrected chi connectivity index (χ1v) is 11.1. The van der Waals surface area contributed by atoms with Crippen molar-refractivity contribution >= 4 is 12.2 Å². The van der Waals surface area contributed by atoms with Crippen LogP contribution in [0.1, 0.15) is 67.7 Å². The van der Waals surface area contributed by atoms with E-state index < -0.39 is 29.5 Å². The number of carbonyl (C=O) groups excluding carboxylic acids is 2. The SMILES string of the molecule is CC(C#CC1CCC(Oc2ccc(F)cc2)C1)N(OC(=O)OC(C)(C)C)C(=O)OC(C)(C)C. The van der Waals surface area contributed by atoms with Gasteiger partial charge in [0.25, 0.3) is 0 Å². The minimum Gasteiger partial charge on any atom is -0.490 e. The number of benzene rings is 1. The molecule has 0 N–H and O–H groups in total. The van der Waals surface area contributed by atoms with Crippen LogP contribution in [0.5, 0.6) is 5.75 Å². The molecule has 3 atom stereocenters. The van der Waals surface area contributed by atoms with E-state index >= 15 is 0 Å². The van der Waals surface area contributed by atoms with E-state index in [0.717, 1.165) is 17.9 Å². The molecule has 2 rings (SSSR count). The third-order valence-corrected chi connectivity index (χ3v) is 4.48. The molecule has 0 radical (unpaired) electrons. The largest absolute Gasteiger partial charge is 0.534 e. The lowest BCUT2D eigenvalue weighted by molar-refractivity contribution is -0.144. The molecule has 182 valence electrons. The van der Waals surface area contributed by atoms with Gasteiger partial charge in [0, 0.05) is 5.92 Å². The molecule has 1 saturated carbocycles. The molecule has 0 heterocycles. The van der Waals surface area contributed by atoms with Crippen LogP contribution in [-0.2, 0) is 14.3 Å². The van der Waals surface area contributed by atoms with Gasteiger partial charge in [-0.1, -0.05) is 11.8 Å². The Labute approximate surface area is 195 Å². The molecule has 1 amide bonds. The molecule has 8 heteroatoms. The van der Waals surface area contributed by atoms with E-state index in [1.165, 1.54) is 12.1 Å². The molecule has 0 aliphatic heterocycles. The van der Waals surface area contributed by atoms with Gasteiger partial charge in [-0.2, -0.15) is 0 Å². The summed E-state index contributed by atoms with van der Waals surface area (Å²) in [6.07, 6.45) is 0.469. The highest BCUT2D eigenvalue weighted by molar-refractivity contribution is 5.70. The summed E-state index contributed by atoms with van der Waals surface area (Å²) in [6.45, 7) is 11.9.